The Balaban J connectivity index is 2.19. The third-order valence-corrected chi connectivity index (χ3v) is 5.28. The lowest BCUT2D eigenvalue weighted by atomic mass is 9.85. The Morgan fingerprint density at radius 1 is 1.19 bits per heavy atom. The number of piperazine rings is 1. The fourth-order valence-corrected chi connectivity index (χ4v) is 4.21. The molecule has 0 saturated carbocycles. The second-order valence-corrected chi connectivity index (χ2v) is 6.37. The first-order valence-corrected chi connectivity index (χ1v) is 7.13. The molecule has 16 heavy (non-hydrogen) atoms. The fraction of sp³-hybridized carbons (Fsp3) is 1.00. The third kappa shape index (κ3) is 1.70. The summed E-state index contributed by atoms with van der Waals surface area (Å²) in [5.74, 6) is 0. The highest BCUT2D eigenvalue weighted by Gasteiger charge is 2.51. The molecule has 2 bridgehead atoms. The van der Waals surface area contributed by atoms with Crippen molar-refractivity contribution in [3.63, 3.8) is 0 Å². The zero-order valence-corrected chi connectivity index (χ0v) is 11.7. The Bertz CT molecular complexity index is 249. The fourth-order valence-electron chi connectivity index (χ4n) is 4.21. The first kappa shape index (κ1) is 12.4. The maximum absolute atomic E-state index is 2.75. The zero-order chi connectivity index (χ0) is 11.9. The molecule has 0 spiro atoms. The van der Waals surface area contributed by atoms with Crippen molar-refractivity contribution in [1.29, 1.82) is 0 Å². The molecule has 0 N–H and O–H groups in total. The van der Waals surface area contributed by atoms with Gasteiger partial charge in [-0.2, -0.15) is 0 Å². The Morgan fingerprint density at radius 2 is 1.88 bits per heavy atom. The lowest BCUT2D eigenvalue weighted by molar-refractivity contribution is -0.980. The van der Waals surface area contributed by atoms with E-state index < -0.39 is 0 Å². The SMILES string of the molecule is CC[N+]1(C(C)C)C[C@@H]2CC[C@H]1CN2C(C)C. The van der Waals surface area contributed by atoms with E-state index >= 15 is 0 Å². The lowest BCUT2D eigenvalue weighted by Gasteiger charge is -2.60. The molecule has 0 radical (unpaired) electrons. The molecule has 94 valence electrons. The molecule has 0 amide bonds. The van der Waals surface area contributed by atoms with Gasteiger partial charge >= 0.3 is 0 Å². The Morgan fingerprint density at radius 3 is 2.25 bits per heavy atom. The highest BCUT2D eigenvalue weighted by molar-refractivity contribution is 4.90. The first-order chi connectivity index (χ1) is 7.51. The summed E-state index contributed by atoms with van der Waals surface area (Å²) in [5, 5.41) is 0. The molecule has 3 aliphatic rings. The van der Waals surface area contributed by atoms with Gasteiger partial charge in [0.1, 0.15) is 6.04 Å². The minimum absolute atomic E-state index is 0.735. The second-order valence-electron chi connectivity index (χ2n) is 6.37. The number of likely N-dealkylation sites (N-methyl/N-ethyl adjacent to an activating group) is 1. The van der Waals surface area contributed by atoms with Crippen LogP contribution in [0.4, 0.5) is 0 Å². The number of hydrogen-bond acceptors (Lipinski definition) is 1. The van der Waals surface area contributed by atoms with Crippen LogP contribution >= 0.6 is 0 Å². The summed E-state index contributed by atoms with van der Waals surface area (Å²) in [4.78, 5) is 2.75. The molecule has 3 fully saturated rings. The van der Waals surface area contributed by atoms with E-state index in [1.807, 2.05) is 0 Å². The number of quaternary nitrogens is 1. The number of fused-ring (bicyclic) bond motifs is 3. The standard InChI is InChI=1S/C14H29N2/c1-6-16(12(4)5)10-13-7-8-14(16)9-15(13)11(2)3/h11-14H,6-10H2,1-5H3/q+1/t13-,14-,16?/m0/s1. The predicted octanol–water partition coefficient (Wildman–Crippen LogP) is 2.49. The monoisotopic (exact) mass is 225 g/mol. The van der Waals surface area contributed by atoms with E-state index in [0.29, 0.717) is 0 Å². The smallest absolute Gasteiger partial charge is 0.102 e. The molecule has 0 aromatic heterocycles. The predicted molar refractivity (Wildman–Crippen MR) is 69.5 cm³/mol. The molecule has 3 saturated heterocycles. The van der Waals surface area contributed by atoms with E-state index in [2.05, 4.69) is 39.5 Å². The Labute approximate surface area is 101 Å². The summed E-state index contributed by atoms with van der Waals surface area (Å²) < 4.78 is 1.38. The third-order valence-electron chi connectivity index (χ3n) is 5.28. The summed E-state index contributed by atoms with van der Waals surface area (Å²) in [6.45, 7) is 16.0. The van der Waals surface area contributed by atoms with Crippen molar-refractivity contribution in [3.05, 3.63) is 0 Å². The Kier molecular flexibility index (Phi) is 3.33. The molecular formula is C14H29N2+. The largest absolute Gasteiger partial charge is 0.317 e. The molecule has 3 heterocycles. The van der Waals surface area contributed by atoms with E-state index in [1.165, 1.54) is 37.0 Å². The summed E-state index contributed by atoms with van der Waals surface area (Å²) >= 11 is 0. The number of rotatable bonds is 3. The number of nitrogens with zero attached hydrogens (tertiary/aromatic N) is 2. The molecule has 2 nitrogen and oxygen atoms in total. The molecule has 0 aromatic carbocycles. The van der Waals surface area contributed by atoms with Crippen molar-refractivity contribution in [2.75, 3.05) is 19.6 Å². The van der Waals surface area contributed by atoms with Crippen molar-refractivity contribution in [2.45, 2.75) is 71.6 Å². The quantitative estimate of drug-likeness (QED) is 0.667. The van der Waals surface area contributed by atoms with Crippen LogP contribution in [0.25, 0.3) is 0 Å². The Hall–Kier alpha value is -0.0800. The van der Waals surface area contributed by atoms with Gasteiger partial charge in [-0.3, -0.25) is 4.90 Å². The van der Waals surface area contributed by atoms with Crippen molar-refractivity contribution >= 4 is 0 Å². The van der Waals surface area contributed by atoms with E-state index in [9.17, 15) is 0 Å². The highest BCUT2D eigenvalue weighted by atomic mass is 15.5. The van der Waals surface area contributed by atoms with Crippen molar-refractivity contribution in [3.8, 4) is 0 Å². The first-order valence-electron chi connectivity index (χ1n) is 7.13. The van der Waals surface area contributed by atoms with Crippen molar-refractivity contribution in [1.82, 2.24) is 4.90 Å². The summed E-state index contributed by atoms with van der Waals surface area (Å²) in [6.07, 6.45) is 2.90. The molecule has 3 aliphatic heterocycles. The zero-order valence-electron chi connectivity index (χ0n) is 11.7. The van der Waals surface area contributed by atoms with Crippen LogP contribution in [-0.4, -0.2) is 53.2 Å². The van der Waals surface area contributed by atoms with Gasteiger partial charge in [0, 0.05) is 12.5 Å². The topological polar surface area (TPSA) is 3.24 Å². The van der Waals surface area contributed by atoms with Gasteiger partial charge in [0.15, 0.2) is 0 Å². The van der Waals surface area contributed by atoms with Crippen LogP contribution in [0.1, 0.15) is 47.5 Å². The highest BCUT2D eigenvalue weighted by Crippen LogP contribution is 2.37. The average Bonchev–Trinajstić information content (AvgIpc) is 2.28. The summed E-state index contributed by atoms with van der Waals surface area (Å²) in [6, 6.07) is 3.29. The number of hydrogen-bond donors (Lipinski definition) is 0. The van der Waals surface area contributed by atoms with Crippen LogP contribution in [0.2, 0.25) is 0 Å². The van der Waals surface area contributed by atoms with Crippen molar-refractivity contribution in [2.24, 2.45) is 0 Å². The van der Waals surface area contributed by atoms with E-state index in [0.717, 1.165) is 24.2 Å². The second kappa shape index (κ2) is 4.30. The molecule has 3 atom stereocenters. The molecule has 3 rings (SSSR count). The van der Waals surface area contributed by atoms with Crippen LogP contribution in [-0.2, 0) is 0 Å². The molecule has 0 aromatic rings. The van der Waals surface area contributed by atoms with E-state index in [4.69, 9.17) is 0 Å². The summed E-state index contributed by atoms with van der Waals surface area (Å²) in [7, 11) is 0. The van der Waals surface area contributed by atoms with Crippen LogP contribution in [0.5, 0.6) is 0 Å². The molecule has 2 heteroatoms. The van der Waals surface area contributed by atoms with Gasteiger partial charge in [-0.25, -0.2) is 0 Å². The van der Waals surface area contributed by atoms with E-state index in [-0.39, 0.29) is 0 Å². The van der Waals surface area contributed by atoms with E-state index in [1.54, 1.807) is 0 Å². The number of piperidine rings is 2. The normalized spacial score (nSPS) is 39.9. The maximum Gasteiger partial charge on any atom is 0.102 e. The molecular weight excluding hydrogens is 196 g/mol. The van der Waals surface area contributed by atoms with Gasteiger partial charge in [0.05, 0.1) is 31.7 Å². The van der Waals surface area contributed by atoms with Gasteiger partial charge in [-0.05, 0) is 41.0 Å². The maximum atomic E-state index is 2.75. The molecule has 0 aliphatic carbocycles. The van der Waals surface area contributed by atoms with Gasteiger partial charge in [-0.1, -0.05) is 0 Å². The molecule has 1 unspecified atom stereocenters. The van der Waals surface area contributed by atoms with Gasteiger partial charge in [0.2, 0.25) is 0 Å². The van der Waals surface area contributed by atoms with Gasteiger partial charge in [0.25, 0.3) is 0 Å². The van der Waals surface area contributed by atoms with Crippen molar-refractivity contribution < 1.29 is 4.48 Å². The van der Waals surface area contributed by atoms with Gasteiger partial charge < -0.3 is 4.48 Å². The minimum atomic E-state index is 0.735. The average molecular weight is 225 g/mol. The van der Waals surface area contributed by atoms with Crippen LogP contribution < -0.4 is 0 Å². The van der Waals surface area contributed by atoms with Crippen LogP contribution in [0.3, 0.4) is 0 Å². The summed E-state index contributed by atoms with van der Waals surface area (Å²) in [5.41, 5.74) is 0. The van der Waals surface area contributed by atoms with Gasteiger partial charge in [-0.15, -0.1) is 0 Å². The minimum Gasteiger partial charge on any atom is -0.317 e. The lowest BCUT2D eigenvalue weighted by Crippen LogP contribution is -2.74. The van der Waals surface area contributed by atoms with Crippen LogP contribution in [0, 0.1) is 0 Å². The van der Waals surface area contributed by atoms with Crippen LogP contribution in [0.15, 0.2) is 0 Å².